The minimum absolute atomic E-state index is 0. The molecule has 0 aromatic rings. The molecule has 0 aliphatic rings. The van der Waals surface area contributed by atoms with Crippen LogP contribution in [-0.2, 0) is 4.57 Å². The fraction of sp³-hybridized carbons (Fsp3) is 0. The second kappa shape index (κ2) is 3.30. The van der Waals surface area contributed by atoms with E-state index in [2.05, 4.69) is 0 Å². The van der Waals surface area contributed by atoms with Crippen LogP contribution >= 0.6 is 6.24 Å². The van der Waals surface area contributed by atoms with Crippen molar-refractivity contribution in [3.63, 3.8) is 0 Å². The van der Waals surface area contributed by atoms with E-state index in [9.17, 15) is 4.57 Å². The predicted octanol–water partition coefficient (Wildman–Crippen LogP) is -1.94. The first kappa shape index (κ1) is 10.3. The van der Waals surface area contributed by atoms with Crippen LogP contribution in [-0.4, -0.2) is 44.5 Å². The third-order valence-electron chi connectivity index (χ3n) is 0. The predicted molar refractivity (Wildman–Crippen MR) is 27.7 cm³/mol. The molecule has 2 N–H and O–H groups in total. The van der Waals surface area contributed by atoms with E-state index < -0.39 is 6.24 Å². The molecule has 0 spiro atoms. The van der Waals surface area contributed by atoms with Gasteiger partial charge in [0.1, 0.15) is 0 Å². The van der Waals surface area contributed by atoms with Gasteiger partial charge in [0.25, 0.3) is 0 Å². The van der Waals surface area contributed by atoms with Crippen LogP contribution in [0.2, 0.25) is 0 Å². The van der Waals surface area contributed by atoms with E-state index in [1.807, 2.05) is 0 Å². The fourth-order valence-electron chi connectivity index (χ4n) is 0. The first-order valence-electron chi connectivity index (χ1n) is 1.03. The Morgan fingerprint density at radius 1 is 1.50 bits per heavy atom. The normalized spacial score (nSPS) is 9.67. The monoisotopic (exact) mass is 118 g/mol. The third kappa shape index (κ3) is 59.0. The average molecular weight is 118 g/mol. The molecule has 0 aromatic heterocycles. The van der Waals surface area contributed by atoms with Crippen molar-refractivity contribution in [2.45, 2.75) is 0 Å². The molecular formula is H5AlLiO3P. The summed E-state index contributed by atoms with van der Waals surface area (Å²) >= 11 is -0.0255. The van der Waals surface area contributed by atoms with Crippen molar-refractivity contribution < 1.29 is 14.4 Å². The molecule has 0 amide bonds. The van der Waals surface area contributed by atoms with E-state index in [0.29, 0.717) is 0 Å². The van der Waals surface area contributed by atoms with Gasteiger partial charge in [-0.05, 0) is 0 Å². The van der Waals surface area contributed by atoms with Gasteiger partial charge in [0.2, 0.25) is 6.24 Å². The maximum atomic E-state index is 9.39. The Morgan fingerprint density at radius 2 is 1.50 bits per heavy atom. The Balaban J connectivity index is 0. The summed E-state index contributed by atoms with van der Waals surface area (Å²) in [6, 6.07) is 0. The molecule has 0 saturated carbocycles. The van der Waals surface area contributed by atoms with Gasteiger partial charge < -0.3 is 9.79 Å². The van der Waals surface area contributed by atoms with Gasteiger partial charge in [-0.15, -0.1) is 0 Å². The van der Waals surface area contributed by atoms with Crippen molar-refractivity contribution in [2.75, 3.05) is 0 Å². The molecule has 0 saturated heterocycles. The molecule has 0 aliphatic carbocycles. The summed E-state index contributed by atoms with van der Waals surface area (Å²) in [5, 5.41) is 0. The fourth-order valence-corrected chi connectivity index (χ4v) is 0. The van der Waals surface area contributed by atoms with Crippen LogP contribution in [0.1, 0.15) is 0 Å². The van der Waals surface area contributed by atoms with Crippen LogP contribution in [0.15, 0.2) is 0 Å². The van der Waals surface area contributed by atoms with Gasteiger partial charge in [0.05, 0.1) is 0 Å². The van der Waals surface area contributed by atoms with Crippen molar-refractivity contribution in [1.29, 1.82) is 0 Å². The molecule has 3 nitrogen and oxygen atoms in total. The molecule has 0 aliphatic heterocycles. The molecular weight excluding hydrogens is 113 g/mol. The summed E-state index contributed by atoms with van der Waals surface area (Å²) in [6.45, 7) is 0. The molecule has 0 unspecified atom stereocenters. The Hall–Kier alpha value is 1.28. The van der Waals surface area contributed by atoms with E-state index >= 15 is 0 Å². The first-order chi connectivity index (χ1) is 2.00. The van der Waals surface area contributed by atoms with E-state index in [1.165, 1.54) is 0 Å². The van der Waals surface area contributed by atoms with Crippen LogP contribution in [0, 0.1) is 0 Å². The topological polar surface area (TPSA) is 57.5 Å². The van der Waals surface area contributed by atoms with Crippen LogP contribution < -0.4 is 0 Å². The molecule has 6 heavy (non-hydrogen) atoms. The summed E-state index contributed by atoms with van der Waals surface area (Å²) in [7, 11) is 0. The SMILES string of the molecule is O=[P](O)(O)[AlH2].[LiH]. The number of hydrogen-bond donors (Lipinski definition) is 2. The maximum absolute atomic E-state index is 9.39. The van der Waals surface area contributed by atoms with E-state index in [4.69, 9.17) is 9.79 Å². The Labute approximate surface area is 55.5 Å². The standard InChI is InChI=1S/Al.Li.HO3P.3H/c;;1-4(2)3;;;/h;;(H-,1,2,3);;;/q-1;;;;;/p+1. The first-order valence-corrected chi connectivity index (χ1v) is 5.77. The molecule has 0 rings (SSSR count). The summed E-state index contributed by atoms with van der Waals surface area (Å²) in [5.41, 5.74) is 0. The Bertz CT molecular complexity index is 56.9. The van der Waals surface area contributed by atoms with E-state index in [0.717, 1.165) is 0 Å². The summed E-state index contributed by atoms with van der Waals surface area (Å²) < 4.78 is 9.39. The Kier molecular flexibility index (Phi) is 5.67. The van der Waals surface area contributed by atoms with Gasteiger partial charge in [0.15, 0.2) is 0 Å². The molecule has 0 atom stereocenters. The number of rotatable bonds is 0. The minimum atomic E-state index is -3.50. The molecule has 0 fully saturated rings. The summed E-state index contributed by atoms with van der Waals surface area (Å²) in [6.07, 6.45) is -3.50. The quantitative estimate of drug-likeness (QED) is 0.287. The van der Waals surface area contributed by atoms with Crippen molar-refractivity contribution in [1.82, 2.24) is 0 Å². The second-order valence-electron chi connectivity index (χ2n) is 0.835. The number of hydrogen-bond acceptors (Lipinski definition) is 1. The van der Waals surface area contributed by atoms with Crippen molar-refractivity contribution in [3.8, 4) is 0 Å². The molecule has 32 valence electrons. The van der Waals surface area contributed by atoms with Crippen LogP contribution in [0.25, 0.3) is 0 Å². The van der Waals surface area contributed by atoms with Gasteiger partial charge in [-0.25, -0.2) is 0 Å². The van der Waals surface area contributed by atoms with Crippen LogP contribution in [0.5, 0.6) is 0 Å². The van der Waals surface area contributed by atoms with Crippen LogP contribution in [0.3, 0.4) is 0 Å². The molecule has 0 radical (unpaired) electrons. The van der Waals surface area contributed by atoms with Crippen LogP contribution in [0.4, 0.5) is 0 Å². The van der Waals surface area contributed by atoms with Gasteiger partial charge in [-0.3, -0.25) is 4.57 Å². The Morgan fingerprint density at radius 3 is 1.50 bits per heavy atom. The molecule has 0 bridgehead atoms. The molecule has 0 heterocycles. The zero-order chi connectivity index (χ0) is 4.50. The van der Waals surface area contributed by atoms with Crippen molar-refractivity contribution in [3.05, 3.63) is 0 Å². The summed E-state index contributed by atoms with van der Waals surface area (Å²) in [4.78, 5) is 15.4. The van der Waals surface area contributed by atoms with Gasteiger partial charge in [-0.2, -0.15) is 0 Å². The molecule has 0 aromatic carbocycles. The van der Waals surface area contributed by atoms with E-state index in [1.54, 1.807) is 0 Å². The van der Waals surface area contributed by atoms with Crippen molar-refractivity contribution in [2.24, 2.45) is 0 Å². The zero-order valence-corrected chi connectivity index (χ0v) is 5.64. The van der Waals surface area contributed by atoms with Gasteiger partial charge in [-0.1, -0.05) is 0 Å². The van der Waals surface area contributed by atoms with Crippen molar-refractivity contribution >= 4 is 40.9 Å². The average Bonchev–Trinajstić information content (AvgIpc) is 0.722. The van der Waals surface area contributed by atoms with Gasteiger partial charge in [0, 0.05) is 0 Å². The third-order valence-corrected chi connectivity index (χ3v) is 0. The summed E-state index contributed by atoms with van der Waals surface area (Å²) in [5.74, 6) is 0. The zero-order valence-electron chi connectivity index (χ0n) is 2.75. The van der Waals surface area contributed by atoms with Gasteiger partial charge >= 0.3 is 34.7 Å². The van der Waals surface area contributed by atoms with E-state index in [-0.39, 0.29) is 34.7 Å². The second-order valence-corrected chi connectivity index (χ2v) is 6.00. The molecule has 6 heteroatoms.